The van der Waals surface area contributed by atoms with Crippen LogP contribution in [0.5, 0.6) is 5.75 Å². The second kappa shape index (κ2) is 5.91. The van der Waals surface area contributed by atoms with Crippen LogP contribution in [-0.4, -0.2) is 29.7 Å². The van der Waals surface area contributed by atoms with Crippen LogP contribution < -0.4 is 15.8 Å². The van der Waals surface area contributed by atoms with E-state index in [4.69, 9.17) is 15.6 Å². The summed E-state index contributed by atoms with van der Waals surface area (Å²) in [6, 6.07) is 5.18. The third-order valence-electron chi connectivity index (χ3n) is 3.54. The lowest BCUT2D eigenvalue weighted by molar-refractivity contribution is -0.110. The Kier molecular flexibility index (Phi) is 3.79. The maximum atomic E-state index is 12.3. The fraction of sp³-hybridized carbons (Fsp3) is 0.118. The van der Waals surface area contributed by atoms with Gasteiger partial charge in [-0.15, -0.1) is 0 Å². The van der Waals surface area contributed by atoms with Crippen LogP contribution in [-0.2, 0) is 4.79 Å². The summed E-state index contributed by atoms with van der Waals surface area (Å²) in [5.74, 6) is 5.79. The van der Waals surface area contributed by atoms with Crippen molar-refractivity contribution in [3.05, 3.63) is 41.2 Å². The Labute approximate surface area is 133 Å². The number of carbonyl (C=O) groups is 1. The number of nitrogens with one attached hydrogen (secondary N) is 2. The first-order chi connectivity index (χ1) is 11.2. The van der Waals surface area contributed by atoms with Gasteiger partial charge in [0.2, 0.25) is 0 Å². The molecule has 0 radical (unpaired) electrons. The highest BCUT2D eigenvalue weighted by Crippen LogP contribution is 2.38. The number of fused-ring (bicyclic) bond motifs is 1. The number of aromatic amines is 1. The standard InChI is InChI=1S/C17H15N3O3/c1-23-15-6-7-19-14(15)9-11-16-10(3-2-8-21)12(18)4-5-13(16)20-17(11)22/h4-7,9,19,21H,8,18H2,1H3,(H,20,22). The van der Waals surface area contributed by atoms with E-state index >= 15 is 0 Å². The molecule has 1 aromatic carbocycles. The minimum Gasteiger partial charge on any atom is -0.495 e. The van der Waals surface area contributed by atoms with Crippen molar-refractivity contribution in [3.63, 3.8) is 0 Å². The van der Waals surface area contributed by atoms with Gasteiger partial charge in [0.25, 0.3) is 5.91 Å². The lowest BCUT2D eigenvalue weighted by Gasteiger charge is -2.06. The number of carbonyl (C=O) groups excluding carboxylic acids is 1. The summed E-state index contributed by atoms with van der Waals surface area (Å²) in [6.45, 7) is -0.284. The molecule has 1 amide bonds. The van der Waals surface area contributed by atoms with E-state index in [1.165, 1.54) is 0 Å². The molecule has 23 heavy (non-hydrogen) atoms. The number of methoxy groups -OCH3 is 1. The molecule has 1 aliphatic rings. The highest BCUT2D eigenvalue weighted by atomic mass is 16.5. The van der Waals surface area contributed by atoms with Crippen LogP contribution in [0, 0.1) is 11.8 Å². The summed E-state index contributed by atoms with van der Waals surface area (Å²) in [4.78, 5) is 15.3. The van der Waals surface area contributed by atoms with Crippen LogP contribution >= 0.6 is 0 Å². The third kappa shape index (κ3) is 2.54. The number of ether oxygens (including phenoxy) is 1. The molecular formula is C17H15N3O3. The molecule has 0 fully saturated rings. The topological polar surface area (TPSA) is 100 Å². The Balaban J connectivity index is 2.20. The number of hydrogen-bond acceptors (Lipinski definition) is 4. The fourth-order valence-electron chi connectivity index (χ4n) is 2.51. The molecule has 3 rings (SSSR count). The zero-order valence-corrected chi connectivity index (χ0v) is 12.4. The largest absolute Gasteiger partial charge is 0.495 e. The zero-order chi connectivity index (χ0) is 16.4. The molecule has 1 aromatic heterocycles. The summed E-state index contributed by atoms with van der Waals surface area (Å²) >= 11 is 0. The molecule has 0 saturated heterocycles. The maximum absolute atomic E-state index is 12.3. The van der Waals surface area contributed by atoms with Gasteiger partial charge in [0.05, 0.1) is 29.6 Å². The van der Waals surface area contributed by atoms with Gasteiger partial charge in [-0.3, -0.25) is 4.79 Å². The summed E-state index contributed by atoms with van der Waals surface area (Å²) in [5.41, 5.74) is 9.35. The number of nitrogens with two attached hydrogens (primary N) is 1. The van der Waals surface area contributed by atoms with Crippen molar-refractivity contribution in [2.75, 3.05) is 24.8 Å². The van der Waals surface area contributed by atoms with Crippen molar-refractivity contribution in [1.29, 1.82) is 0 Å². The molecule has 5 N–H and O–H groups in total. The second-order valence-corrected chi connectivity index (χ2v) is 4.88. The molecule has 2 heterocycles. The van der Waals surface area contributed by atoms with Gasteiger partial charge in [-0.05, 0) is 24.3 Å². The average molecular weight is 309 g/mol. The van der Waals surface area contributed by atoms with E-state index in [-0.39, 0.29) is 12.5 Å². The van der Waals surface area contributed by atoms with Crippen molar-refractivity contribution in [1.82, 2.24) is 4.98 Å². The van der Waals surface area contributed by atoms with Gasteiger partial charge in [0.15, 0.2) is 0 Å². The first kappa shape index (κ1) is 14.8. The van der Waals surface area contributed by atoms with Crippen molar-refractivity contribution in [2.24, 2.45) is 0 Å². The van der Waals surface area contributed by atoms with E-state index in [1.54, 1.807) is 37.6 Å². The van der Waals surface area contributed by atoms with E-state index < -0.39 is 0 Å². The summed E-state index contributed by atoms with van der Waals surface area (Å²) in [5, 5.41) is 11.7. The molecule has 2 aromatic rings. The Morgan fingerprint density at radius 1 is 1.39 bits per heavy atom. The highest BCUT2D eigenvalue weighted by Gasteiger charge is 2.28. The van der Waals surface area contributed by atoms with Crippen LogP contribution in [0.3, 0.4) is 0 Å². The molecule has 0 bridgehead atoms. The third-order valence-corrected chi connectivity index (χ3v) is 3.54. The predicted octanol–water partition coefficient (Wildman–Crippen LogP) is 1.44. The summed E-state index contributed by atoms with van der Waals surface area (Å²) < 4.78 is 5.24. The highest BCUT2D eigenvalue weighted by molar-refractivity contribution is 6.35. The maximum Gasteiger partial charge on any atom is 0.256 e. The first-order valence-corrected chi connectivity index (χ1v) is 6.92. The molecule has 116 valence electrons. The number of aliphatic hydroxyl groups is 1. The zero-order valence-electron chi connectivity index (χ0n) is 12.4. The van der Waals surface area contributed by atoms with Crippen LogP contribution in [0.15, 0.2) is 24.4 Å². The first-order valence-electron chi connectivity index (χ1n) is 6.92. The van der Waals surface area contributed by atoms with E-state index in [0.717, 1.165) is 0 Å². The van der Waals surface area contributed by atoms with Crippen LogP contribution in [0.4, 0.5) is 11.4 Å². The Hall–Kier alpha value is -3.17. The van der Waals surface area contributed by atoms with Gasteiger partial charge in [0.1, 0.15) is 12.4 Å². The fourth-order valence-corrected chi connectivity index (χ4v) is 2.51. The normalized spacial score (nSPS) is 14.2. The molecule has 6 heteroatoms. The van der Waals surface area contributed by atoms with Crippen molar-refractivity contribution in [2.45, 2.75) is 0 Å². The second-order valence-electron chi connectivity index (χ2n) is 4.88. The molecule has 6 nitrogen and oxygen atoms in total. The van der Waals surface area contributed by atoms with E-state index in [2.05, 4.69) is 22.1 Å². The monoisotopic (exact) mass is 309 g/mol. The van der Waals surface area contributed by atoms with Gasteiger partial charge >= 0.3 is 0 Å². The van der Waals surface area contributed by atoms with Gasteiger partial charge in [-0.2, -0.15) is 0 Å². The number of H-pyrrole nitrogens is 1. The number of amides is 1. The Morgan fingerprint density at radius 2 is 2.22 bits per heavy atom. The van der Waals surface area contributed by atoms with Crippen LogP contribution in [0.1, 0.15) is 16.8 Å². The molecule has 0 spiro atoms. The molecule has 0 saturated carbocycles. The summed E-state index contributed by atoms with van der Waals surface area (Å²) in [6.07, 6.45) is 3.42. The molecule has 1 aliphatic heterocycles. The Bertz CT molecular complexity index is 869. The number of aromatic nitrogens is 1. The van der Waals surface area contributed by atoms with Crippen molar-refractivity contribution < 1.29 is 14.6 Å². The predicted molar refractivity (Wildman–Crippen MR) is 88.7 cm³/mol. The SMILES string of the molecule is COc1cc[nH]c1C=C1C(=O)Nc2ccc(N)c(C#CCO)c21. The number of anilines is 2. The minimum atomic E-state index is -0.284. The molecule has 0 unspecified atom stereocenters. The van der Waals surface area contributed by atoms with E-state index in [1.807, 2.05) is 0 Å². The van der Waals surface area contributed by atoms with Gasteiger partial charge in [-0.25, -0.2) is 0 Å². The van der Waals surface area contributed by atoms with E-state index in [9.17, 15) is 4.79 Å². The number of aliphatic hydroxyl groups excluding tert-OH is 1. The van der Waals surface area contributed by atoms with Gasteiger partial charge in [0, 0.05) is 17.4 Å². The van der Waals surface area contributed by atoms with Crippen LogP contribution in [0.2, 0.25) is 0 Å². The number of rotatable bonds is 2. The average Bonchev–Trinajstić information content (AvgIpc) is 3.12. The lowest BCUT2D eigenvalue weighted by Crippen LogP contribution is -2.03. The van der Waals surface area contributed by atoms with Crippen molar-refractivity contribution >= 4 is 28.9 Å². The number of nitrogen functional groups attached to an aromatic ring is 1. The molecule has 0 atom stereocenters. The Morgan fingerprint density at radius 3 is 2.96 bits per heavy atom. The smallest absolute Gasteiger partial charge is 0.256 e. The molecular weight excluding hydrogens is 294 g/mol. The lowest BCUT2D eigenvalue weighted by atomic mass is 9.98. The molecule has 0 aliphatic carbocycles. The number of hydrogen-bond donors (Lipinski definition) is 4. The van der Waals surface area contributed by atoms with Gasteiger partial charge < -0.3 is 25.9 Å². The number of benzene rings is 1. The van der Waals surface area contributed by atoms with Crippen LogP contribution in [0.25, 0.3) is 11.6 Å². The quantitative estimate of drug-likeness (QED) is 0.383. The van der Waals surface area contributed by atoms with E-state index in [0.29, 0.717) is 39.5 Å². The minimum absolute atomic E-state index is 0.241. The van der Waals surface area contributed by atoms with Gasteiger partial charge in [-0.1, -0.05) is 11.8 Å². The van der Waals surface area contributed by atoms with Crippen molar-refractivity contribution in [3.8, 4) is 17.6 Å². The summed E-state index contributed by atoms with van der Waals surface area (Å²) in [7, 11) is 1.56.